The van der Waals surface area contributed by atoms with Crippen LogP contribution in [0, 0.1) is 0 Å². The molecule has 2 rings (SSSR count). The molecule has 3 nitrogen and oxygen atoms in total. The van der Waals surface area contributed by atoms with E-state index in [1.165, 1.54) is 5.56 Å². The third-order valence-electron chi connectivity index (χ3n) is 2.73. The molecule has 1 heterocycles. The largest absolute Gasteiger partial charge is 0.300 e. The van der Waals surface area contributed by atoms with Crippen molar-refractivity contribution in [3.63, 3.8) is 0 Å². The second-order valence-corrected chi connectivity index (χ2v) is 4.31. The number of ketones is 1. The van der Waals surface area contributed by atoms with Crippen LogP contribution in [0.5, 0.6) is 0 Å². The van der Waals surface area contributed by atoms with E-state index in [-0.39, 0.29) is 5.78 Å². The van der Waals surface area contributed by atoms with Gasteiger partial charge in [-0.3, -0.25) is 4.68 Å². The third kappa shape index (κ3) is 3.03. The highest BCUT2D eigenvalue weighted by atomic mass is 16.1. The molecule has 0 fully saturated rings. The topological polar surface area (TPSA) is 34.9 Å². The van der Waals surface area contributed by atoms with Gasteiger partial charge in [0.25, 0.3) is 0 Å². The van der Waals surface area contributed by atoms with Gasteiger partial charge in [-0.15, -0.1) is 0 Å². The summed E-state index contributed by atoms with van der Waals surface area (Å²) in [6.45, 7) is 1.63. The van der Waals surface area contributed by atoms with Crippen LogP contribution in [0.3, 0.4) is 0 Å². The highest BCUT2D eigenvalue weighted by Crippen LogP contribution is 2.20. The van der Waals surface area contributed by atoms with Gasteiger partial charge in [-0.05, 0) is 24.5 Å². The molecule has 0 saturated heterocycles. The van der Waals surface area contributed by atoms with Crippen LogP contribution in [-0.2, 0) is 18.3 Å². The second-order valence-electron chi connectivity index (χ2n) is 4.31. The van der Waals surface area contributed by atoms with Crippen LogP contribution in [0.2, 0.25) is 0 Å². The van der Waals surface area contributed by atoms with Gasteiger partial charge in [0.1, 0.15) is 5.78 Å². The molecule has 88 valence electrons. The fourth-order valence-electron chi connectivity index (χ4n) is 1.80. The van der Waals surface area contributed by atoms with Gasteiger partial charge in [0.2, 0.25) is 0 Å². The Morgan fingerprint density at radius 2 is 2.18 bits per heavy atom. The smallest absolute Gasteiger partial charge is 0.130 e. The maximum atomic E-state index is 11.0. The summed E-state index contributed by atoms with van der Waals surface area (Å²) >= 11 is 0. The first-order valence-corrected chi connectivity index (χ1v) is 5.72. The van der Waals surface area contributed by atoms with Gasteiger partial charge in [0.15, 0.2) is 0 Å². The molecule has 0 radical (unpaired) electrons. The Kier molecular flexibility index (Phi) is 3.38. The van der Waals surface area contributed by atoms with Crippen molar-refractivity contribution < 1.29 is 4.79 Å². The van der Waals surface area contributed by atoms with Crippen LogP contribution in [-0.4, -0.2) is 15.6 Å². The van der Waals surface area contributed by atoms with Crippen molar-refractivity contribution in [2.75, 3.05) is 0 Å². The van der Waals surface area contributed by atoms with Crippen molar-refractivity contribution in [3.8, 4) is 11.1 Å². The molecular formula is C14H16N2O. The Balaban J connectivity index is 2.19. The van der Waals surface area contributed by atoms with E-state index in [2.05, 4.69) is 23.3 Å². The predicted molar refractivity (Wildman–Crippen MR) is 67.6 cm³/mol. The molecule has 3 heteroatoms. The lowest BCUT2D eigenvalue weighted by Gasteiger charge is -2.02. The van der Waals surface area contributed by atoms with E-state index >= 15 is 0 Å². The molecule has 0 atom stereocenters. The average Bonchev–Trinajstić information content (AvgIpc) is 2.74. The molecule has 0 aliphatic heterocycles. The number of benzene rings is 1. The number of carbonyl (C=O) groups is 1. The number of nitrogens with zero attached hydrogens (tertiary/aromatic N) is 2. The molecule has 0 amide bonds. The fourth-order valence-corrected chi connectivity index (χ4v) is 1.80. The quantitative estimate of drug-likeness (QED) is 0.806. The summed E-state index contributed by atoms with van der Waals surface area (Å²) in [6, 6.07) is 8.27. The summed E-state index contributed by atoms with van der Waals surface area (Å²) in [7, 11) is 1.91. The predicted octanol–water partition coefficient (Wildman–Crippen LogP) is 2.61. The van der Waals surface area contributed by atoms with Gasteiger partial charge in [0, 0.05) is 25.2 Å². The Morgan fingerprint density at radius 3 is 2.82 bits per heavy atom. The van der Waals surface area contributed by atoms with Gasteiger partial charge in [-0.25, -0.2) is 0 Å². The first kappa shape index (κ1) is 11.6. The molecule has 1 aromatic heterocycles. The lowest BCUT2D eigenvalue weighted by molar-refractivity contribution is -0.116. The number of hydrogen-bond donors (Lipinski definition) is 0. The number of aryl methyl sites for hydroxylation is 2. The van der Waals surface area contributed by atoms with E-state index in [9.17, 15) is 4.79 Å². The summed E-state index contributed by atoms with van der Waals surface area (Å²) in [4.78, 5) is 11.0. The van der Waals surface area contributed by atoms with Gasteiger partial charge in [0.05, 0.1) is 6.20 Å². The minimum Gasteiger partial charge on any atom is -0.300 e. The molecule has 0 aliphatic carbocycles. The molecule has 1 aromatic carbocycles. The van der Waals surface area contributed by atoms with Crippen LogP contribution in [0.4, 0.5) is 0 Å². The second kappa shape index (κ2) is 4.95. The normalized spacial score (nSPS) is 10.5. The van der Waals surface area contributed by atoms with E-state index in [4.69, 9.17) is 0 Å². The Bertz CT molecular complexity index is 529. The first-order chi connectivity index (χ1) is 8.15. The molecule has 2 aromatic rings. The monoisotopic (exact) mass is 228 g/mol. The highest BCUT2D eigenvalue weighted by molar-refractivity contribution is 5.75. The van der Waals surface area contributed by atoms with Crippen LogP contribution in [0.25, 0.3) is 11.1 Å². The van der Waals surface area contributed by atoms with E-state index < -0.39 is 0 Å². The molecule has 17 heavy (non-hydrogen) atoms. The molecule has 0 unspecified atom stereocenters. The first-order valence-electron chi connectivity index (χ1n) is 5.72. The van der Waals surface area contributed by atoms with E-state index in [1.807, 2.05) is 25.5 Å². The van der Waals surface area contributed by atoms with Crippen LogP contribution in [0.15, 0.2) is 36.7 Å². The van der Waals surface area contributed by atoms with Crippen molar-refractivity contribution in [1.82, 2.24) is 9.78 Å². The van der Waals surface area contributed by atoms with Crippen molar-refractivity contribution in [1.29, 1.82) is 0 Å². The van der Waals surface area contributed by atoms with E-state index in [1.54, 1.807) is 11.6 Å². The molecule has 0 saturated carbocycles. The summed E-state index contributed by atoms with van der Waals surface area (Å²) in [6.07, 6.45) is 5.26. The fraction of sp³-hybridized carbons (Fsp3) is 0.286. The van der Waals surface area contributed by atoms with E-state index in [0.29, 0.717) is 6.42 Å². The number of carbonyl (C=O) groups excluding carboxylic acids is 1. The molecule has 0 aliphatic rings. The Labute approximate surface area is 101 Å². The zero-order valence-electron chi connectivity index (χ0n) is 10.2. The maximum Gasteiger partial charge on any atom is 0.130 e. The molecule has 0 spiro atoms. The summed E-state index contributed by atoms with van der Waals surface area (Å²) in [5, 5.41) is 4.16. The Hall–Kier alpha value is -1.90. The zero-order valence-corrected chi connectivity index (χ0v) is 10.2. The van der Waals surface area contributed by atoms with Gasteiger partial charge in [-0.2, -0.15) is 5.10 Å². The zero-order chi connectivity index (χ0) is 12.3. The van der Waals surface area contributed by atoms with Gasteiger partial charge in [-0.1, -0.05) is 24.3 Å². The Morgan fingerprint density at radius 1 is 1.35 bits per heavy atom. The SMILES string of the molecule is CC(=O)CCc1cccc(-c2cnn(C)c2)c1. The van der Waals surface area contributed by atoms with Crippen LogP contribution >= 0.6 is 0 Å². The van der Waals surface area contributed by atoms with Crippen molar-refractivity contribution in [3.05, 3.63) is 42.2 Å². The van der Waals surface area contributed by atoms with Crippen molar-refractivity contribution in [2.45, 2.75) is 19.8 Å². The minimum absolute atomic E-state index is 0.233. The number of rotatable bonds is 4. The average molecular weight is 228 g/mol. The minimum atomic E-state index is 0.233. The third-order valence-corrected chi connectivity index (χ3v) is 2.73. The van der Waals surface area contributed by atoms with Crippen molar-refractivity contribution in [2.24, 2.45) is 7.05 Å². The van der Waals surface area contributed by atoms with Gasteiger partial charge < -0.3 is 4.79 Å². The lowest BCUT2D eigenvalue weighted by atomic mass is 10.0. The number of Topliss-reactive ketones (excluding diaryl/α,β-unsaturated/α-hetero) is 1. The van der Waals surface area contributed by atoms with Gasteiger partial charge >= 0.3 is 0 Å². The summed E-state index contributed by atoms with van der Waals surface area (Å²) in [5.41, 5.74) is 3.46. The number of aromatic nitrogens is 2. The van der Waals surface area contributed by atoms with Crippen molar-refractivity contribution >= 4 is 5.78 Å². The maximum absolute atomic E-state index is 11.0. The standard InChI is InChI=1S/C14H16N2O/c1-11(17)6-7-12-4-3-5-13(8-12)14-9-15-16(2)10-14/h3-5,8-10H,6-7H2,1-2H3. The number of hydrogen-bond acceptors (Lipinski definition) is 2. The van der Waals surface area contributed by atoms with Crippen LogP contribution < -0.4 is 0 Å². The lowest BCUT2D eigenvalue weighted by Crippen LogP contribution is -1.94. The summed E-state index contributed by atoms with van der Waals surface area (Å²) in [5.74, 6) is 0.233. The van der Waals surface area contributed by atoms with Crippen LogP contribution in [0.1, 0.15) is 18.9 Å². The summed E-state index contributed by atoms with van der Waals surface area (Å²) < 4.78 is 1.79. The van der Waals surface area contributed by atoms with E-state index in [0.717, 1.165) is 17.5 Å². The molecule has 0 N–H and O–H groups in total. The molecular weight excluding hydrogens is 212 g/mol. The molecule has 0 bridgehead atoms. The highest BCUT2D eigenvalue weighted by Gasteiger charge is 2.02.